The molecule has 0 bridgehead atoms. The number of ether oxygens (including phenoxy) is 3. The van der Waals surface area contributed by atoms with E-state index in [2.05, 4.69) is 5.32 Å². The number of hydrogen-bond donors (Lipinski definition) is 3. The van der Waals surface area contributed by atoms with Gasteiger partial charge in [-0.25, -0.2) is 10.6 Å². The highest BCUT2D eigenvalue weighted by molar-refractivity contribution is 5.73. The Kier molecular flexibility index (Phi) is 5.74. The van der Waals surface area contributed by atoms with Crippen LogP contribution in [0.2, 0.25) is 0 Å². The summed E-state index contributed by atoms with van der Waals surface area (Å²) in [5, 5.41) is 2.60. The molecule has 1 aromatic carbocycles. The molecule has 0 fully saturated rings. The van der Waals surface area contributed by atoms with Gasteiger partial charge >= 0.3 is 6.03 Å². The van der Waals surface area contributed by atoms with Gasteiger partial charge in [0.1, 0.15) is 0 Å². The number of rotatable bonds is 6. The predicted molar refractivity (Wildman–Crippen MR) is 70.5 cm³/mol. The number of nitrogens with one attached hydrogen (secondary N) is 2. The fourth-order valence-corrected chi connectivity index (χ4v) is 1.65. The summed E-state index contributed by atoms with van der Waals surface area (Å²) in [6.45, 7) is 0.446. The van der Waals surface area contributed by atoms with E-state index in [4.69, 9.17) is 20.1 Å². The zero-order valence-electron chi connectivity index (χ0n) is 11.3. The van der Waals surface area contributed by atoms with Crippen LogP contribution in [-0.2, 0) is 6.42 Å². The summed E-state index contributed by atoms with van der Waals surface area (Å²) < 4.78 is 15.7. The lowest BCUT2D eigenvalue weighted by atomic mass is 10.1. The van der Waals surface area contributed by atoms with Crippen LogP contribution in [0.3, 0.4) is 0 Å². The van der Waals surface area contributed by atoms with Gasteiger partial charge in [-0.2, -0.15) is 0 Å². The number of nitrogens with two attached hydrogens (primary N) is 1. The number of carbonyl (C=O) groups excluding carboxylic acids is 1. The second kappa shape index (κ2) is 7.32. The van der Waals surface area contributed by atoms with Crippen LogP contribution in [0.25, 0.3) is 0 Å². The summed E-state index contributed by atoms with van der Waals surface area (Å²) in [6.07, 6.45) is 0.615. The van der Waals surface area contributed by atoms with E-state index in [9.17, 15) is 4.79 Å². The lowest BCUT2D eigenvalue weighted by molar-refractivity contribution is 0.241. The van der Waals surface area contributed by atoms with Gasteiger partial charge < -0.3 is 19.5 Å². The Labute approximate surface area is 112 Å². The predicted octanol–water partition coefficient (Wildman–Crippen LogP) is 0.428. The molecule has 4 N–H and O–H groups in total. The third kappa shape index (κ3) is 3.92. The van der Waals surface area contributed by atoms with Crippen LogP contribution < -0.4 is 30.8 Å². The molecule has 2 amide bonds. The van der Waals surface area contributed by atoms with E-state index < -0.39 is 6.03 Å². The Balaban J connectivity index is 2.81. The highest BCUT2D eigenvalue weighted by Crippen LogP contribution is 2.38. The molecule has 19 heavy (non-hydrogen) atoms. The third-order valence-electron chi connectivity index (χ3n) is 2.55. The van der Waals surface area contributed by atoms with Gasteiger partial charge in [0.05, 0.1) is 21.3 Å². The molecule has 0 aliphatic heterocycles. The molecule has 0 heterocycles. The molecule has 0 spiro atoms. The van der Waals surface area contributed by atoms with Crippen LogP contribution in [0, 0.1) is 0 Å². The molecule has 1 aromatic rings. The van der Waals surface area contributed by atoms with E-state index in [-0.39, 0.29) is 0 Å². The minimum atomic E-state index is -0.424. The second-order valence-electron chi connectivity index (χ2n) is 3.68. The van der Waals surface area contributed by atoms with Crippen molar-refractivity contribution in [1.82, 2.24) is 10.7 Å². The zero-order valence-corrected chi connectivity index (χ0v) is 11.3. The minimum absolute atomic E-state index is 0.424. The Morgan fingerprint density at radius 3 is 2.16 bits per heavy atom. The average molecular weight is 269 g/mol. The molecule has 7 nitrogen and oxygen atoms in total. The molecule has 0 atom stereocenters. The highest BCUT2D eigenvalue weighted by atomic mass is 16.5. The van der Waals surface area contributed by atoms with E-state index >= 15 is 0 Å². The van der Waals surface area contributed by atoms with Crippen molar-refractivity contribution in [1.29, 1.82) is 0 Å². The molecular weight excluding hydrogens is 250 g/mol. The lowest BCUT2D eigenvalue weighted by Crippen LogP contribution is -2.40. The summed E-state index contributed by atoms with van der Waals surface area (Å²) in [4.78, 5) is 10.9. The molecule has 106 valence electrons. The first-order valence-corrected chi connectivity index (χ1v) is 5.69. The Morgan fingerprint density at radius 2 is 1.74 bits per heavy atom. The standard InChI is InChI=1S/C12H19N3O4/c1-17-9-6-8(4-5-14-12(16)15-13)7-10(18-2)11(9)19-3/h6-7H,4-5,13H2,1-3H3,(H2,14,15,16). The van der Waals surface area contributed by atoms with Crippen molar-refractivity contribution in [2.45, 2.75) is 6.42 Å². The third-order valence-corrected chi connectivity index (χ3v) is 2.55. The average Bonchev–Trinajstić information content (AvgIpc) is 2.45. The van der Waals surface area contributed by atoms with Gasteiger partial charge in [0.25, 0.3) is 0 Å². The van der Waals surface area contributed by atoms with Gasteiger partial charge in [0.15, 0.2) is 11.5 Å². The summed E-state index contributed by atoms with van der Waals surface area (Å²) in [5.41, 5.74) is 2.95. The van der Waals surface area contributed by atoms with E-state index in [1.807, 2.05) is 17.6 Å². The van der Waals surface area contributed by atoms with Gasteiger partial charge in [-0.15, -0.1) is 0 Å². The van der Waals surface area contributed by atoms with Gasteiger partial charge in [-0.3, -0.25) is 5.43 Å². The first kappa shape index (κ1) is 14.9. The lowest BCUT2D eigenvalue weighted by Gasteiger charge is -2.14. The summed E-state index contributed by atoms with van der Waals surface area (Å²) in [7, 11) is 4.66. The number of carbonyl (C=O) groups is 1. The van der Waals surface area contributed by atoms with Crippen LogP contribution in [0.4, 0.5) is 4.79 Å². The van der Waals surface area contributed by atoms with Crippen LogP contribution >= 0.6 is 0 Å². The number of hydrazine groups is 1. The number of urea groups is 1. The molecule has 0 aliphatic carbocycles. The number of hydrogen-bond acceptors (Lipinski definition) is 5. The summed E-state index contributed by atoms with van der Waals surface area (Å²) >= 11 is 0. The highest BCUT2D eigenvalue weighted by Gasteiger charge is 2.12. The van der Waals surface area contributed by atoms with Crippen LogP contribution in [0.5, 0.6) is 17.2 Å². The van der Waals surface area contributed by atoms with Gasteiger partial charge in [0.2, 0.25) is 5.75 Å². The smallest absolute Gasteiger partial charge is 0.328 e. The zero-order chi connectivity index (χ0) is 14.3. The minimum Gasteiger partial charge on any atom is -0.493 e. The molecule has 0 unspecified atom stereocenters. The van der Waals surface area contributed by atoms with Gasteiger partial charge in [0, 0.05) is 6.54 Å². The topological polar surface area (TPSA) is 94.8 Å². The van der Waals surface area contributed by atoms with Gasteiger partial charge in [-0.1, -0.05) is 0 Å². The second-order valence-corrected chi connectivity index (χ2v) is 3.68. The Bertz CT molecular complexity index is 412. The van der Waals surface area contributed by atoms with Crippen molar-refractivity contribution < 1.29 is 19.0 Å². The van der Waals surface area contributed by atoms with E-state index in [0.29, 0.717) is 30.2 Å². The normalized spacial score (nSPS) is 9.68. The van der Waals surface area contributed by atoms with Gasteiger partial charge in [-0.05, 0) is 24.1 Å². The van der Waals surface area contributed by atoms with Crippen LogP contribution in [-0.4, -0.2) is 33.9 Å². The molecule has 0 radical (unpaired) electrons. The van der Waals surface area contributed by atoms with E-state index in [0.717, 1.165) is 5.56 Å². The van der Waals surface area contributed by atoms with Crippen LogP contribution in [0.15, 0.2) is 12.1 Å². The fourth-order valence-electron chi connectivity index (χ4n) is 1.65. The maximum Gasteiger partial charge on any atom is 0.328 e. The van der Waals surface area contributed by atoms with Crippen molar-refractivity contribution in [3.05, 3.63) is 17.7 Å². The molecule has 0 saturated heterocycles. The SMILES string of the molecule is COc1cc(CCNC(=O)NN)cc(OC)c1OC. The Morgan fingerprint density at radius 1 is 1.16 bits per heavy atom. The quantitative estimate of drug-likeness (QED) is 0.395. The summed E-state index contributed by atoms with van der Waals surface area (Å²) in [5.74, 6) is 6.67. The maximum absolute atomic E-state index is 10.9. The van der Waals surface area contributed by atoms with Crippen molar-refractivity contribution in [3.63, 3.8) is 0 Å². The first-order valence-electron chi connectivity index (χ1n) is 5.69. The number of benzene rings is 1. The molecule has 1 rings (SSSR count). The molecular formula is C12H19N3O4. The largest absolute Gasteiger partial charge is 0.493 e. The maximum atomic E-state index is 10.9. The van der Waals surface area contributed by atoms with Crippen molar-refractivity contribution in [2.24, 2.45) is 5.84 Å². The Hall–Kier alpha value is -2.15. The van der Waals surface area contributed by atoms with Crippen molar-refractivity contribution in [2.75, 3.05) is 27.9 Å². The van der Waals surface area contributed by atoms with Crippen molar-refractivity contribution in [3.8, 4) is 17.2 Å². The summed E-state index contributed by atoms with van der Waals surface area (Å²) in [6, 6.07) is 3.25. The molecule has 0 aromatic heterocycles. The fraction of sp³-hybridized carbons (Fsp3) is 0.417. The number of methoxy groups -OCH3 is 3. The number of amides is 2. The first-order chi connectivity index (χ1) is 9.15. The van der Waals surface area contributed by atoms with E-state index in [1.54, 1.807) is 21.3 Å². The monoisotopic (exact) mass is 269 g/mol. The van der Waals surface area contributed by atoms with Crippen molar-refractivity contribution >= 4 is 6.03 Å². The van der Waals surface area contributed by atoms with E-state index in [1.165, 1.54) is 0 Å². The molecule has 7 heteroatoms. The molecule has 0 saturated carbocycles. The molecule has 0 aliphatic rings. The van der Waals surface area contributed by atoms with Crippen LogP contribution in [0.1, 0.15) is 5.56 Å².